The number of hydrogen-bond acceptors (Lipinski definition) is 8. The molecule has 3 N–H and O–H groups in total. The van der Waals surface area contributed by atoms with Gasteiger partial charge in [-0.1, -0.05) is 29.0 Å². The average molecular weight is 474 g/mol. The van der Waals surface area contributed by atoms with Gasteiger partial charge in [-0.3, -0.25) is 14.9 Å². The first-order chi connectivity index (χ1) is 15.5. The number of methoxy groups -OCH3 is 1. The zero-order valence-electron chi connectivity index (χ0n) is 16.6. The molecule has 0 radical (unpaired) electrons. The van der Waals surface area contributed by atoms with Crippen molar-refractivity contribution in [1.29, 1.82) is 0 Å². The fraction of sp³-hybridized carbons (Fsp3) is 0.150. The molecule has 0 spiro atoms. The molecule has 0 unspecified atom stereocenters. The van der Waals surface area contributed by atoms with Crippen LogP contribution in [0.4, 0.5) is 10.3 Å². The lowest BCUT2D eigenvalue weighted by Crippen LogP contribution is -2.12. The molecule has 0 aliphatic rings. The number of aromatic amines is 1. The largest absolute Gasteiger partial charge is 0.494 e. The normalized spacial score (nSPS) is 10.9. The van der Waals surface area contributed by atoms with Gasteiger partial charge in [0.1, 0.15) is 4.88 Å². The van der Waals surface area contributed by atoms with E-state index in [4.69, 9.17) is 9.84 Å². The van der Waals surface area contributed by atoms with E-state index in [1.165, 1.54) is 24.9 Å². The summed E-state index contributed by atoms with van der Waals surface area (Å²) in [7, 11) is 1.38. The number of thiophene rings is 1. The van der Waals surface area contributed by atoms with Crippen LogP contribution in [-0.2, 0) is 11.2 Å². The van der Waals surface area contributed by atoms with Crippen LogP contribution < -0.4 is 10.1 Å². The first-order valence-electron chi connectivity index (χ1n) is 9.28. The maximum Gasteiger partial charge on any atom is 0.303 e. The summed E-state index contributed by atoms with van der Waals surface area (Å²) in [6.07, 6.45) is 0.443. The Kier molecular flexibility index (Phi) is 6.32. The van der Waals surface area contributed by atoms with Crippen molar-refractivity contribution in [2.75, 3.05) is 12.4 Å². The molecule has 32 heavy (non-hydrogen) atoms. The fourth-order valence-corrected chi connectivity index (χ4v) is 5.27. The Morgan fingerprint density at radius 3 is 2.69 bits per heavy atom. The van der Waals surface area contributed by atoms with Crippen LogP contribution in [0.25, 0.3) is 10.1 Å². The Morgan fingerprint density at radius 1 is 1.25 bits per heavy atom. The maximum absolute atomic E-state index is 15.2. The van der Waals surface area contributed by atoms with E-state index in [1.807, 2.05) is 24.3 Å². The molecule has 0 bridgehead atoms. The Morgan fingerprint density at radius 2 is 2.03 bits per heavy atom. The van der Waals surface area contributed by atoms with Crippen LogP contribution in [0.1, 0.15) is 21.7 Å². The molecule has 164 valence electrons. The van der Waals surface area contributed by atoms with Crippen molar-refractivity contribution in [2.45, 2.75) is 22.6 Å². The number of nitrogens with zero attached hydrogens (tertiary/aromatic N) is 3. The van der Waals surface area contributed by atoms with Crippen molar-refractivity contribution in [2.24, 2.45) is 0 Å². The molecule has 12 heteroatoms. The van der Waals surface area contributed by atoms with Crippen molar-refractivity contribution >= 4 is 51.0 Å². The van der Waals surface area contributed by atoms with Gasteiger partial charge in [-0.2, -0.15) is 5.21 Å². The fourth-order valence-electron chi connectivity index (χ4n) is 2.98. The van der Waals surface area contributed by atoms with Crippen molar-refractivity contribution in [3.63, 3.8) is 0 Å². The van der Waals surface area contributed by atoms with Gasteiger partial charge in [0.05, 0.1) is 7.11 Å². The lowest BCUT2D eigenvalue weighted by molar-refractivity contribution is -0.136. The number of ether oxygens (including phenoxy) is 1. The van der Waals surface area contributed by atoms with Crippen LogP contribution in [0.5, 0.6) is 5.75 Å². The molecule has 9 nitrogen and oxygen atoms in total. The standard InChI is InChI=1S/C20H16FN5O4S2/c1-30-12-7-8-13-15(16(12)21)17(18(32-13)19(29)22-20-23-25-26-24-20)31-11-5-2-10(3-6-11)4-9-14(27)28/h2-3,5-8H,4,9H2,1H3,(H,27,28)(H2,22,23,24,25,26,29). The molecule has 0 aliphatic carbocycles. The summed E-state index contributed by atoms with van der Waals surface area (Å²) < 4.78 is 20.9. The number of rotatable bonds is 8. The van der Waals surface area contributed by atoms with Gasteiger partial charge in [0.2, 0.25) is 0 Å². The maximum atomic E-state index is 15.2. The summed E-state index contributed by atoms with van der Waals surface area (Å²) in [5, 5.41) is 24.8. The predicted molar refractivity (Wildman–Crippen MR) is 117 cm³/mol. The molecule has 0 saturated heterocycles. The van der Waals surface area contributed by atoms with Gasteiger partial charge in [0, 0.05) is 26.3 Å². The van der Waals surface area contributed by atoms with Crippen LogP contribution >= 0.6 is 23.1 Å². The van der Waals surface area contributed by atoms with E-state index in [-0.39, 0.29) is 28.4 Å². The lowest BCUT2D eigenvalue weighted by Gasteiger charge is -2.07. The van der Waals surface area contributed by atoms with Crippen molar-refractivity contribution in [3.8, 4) is 5.75 Å². The number of anilines is 1. The second-order valence-electron chi connectivity index (χ2n) is 6.54. The highest BCUT2D eigenvalue weighted by atomic mass is 32.2. The number of carbonyl (C=O) groups is 2. The van der Waals surface area contributed by atoms with E-state index in [0.717, 1.165) is 21.8 Å². The van der Waals surface area contributed by atoms with Gasteiger partial charge in [-0.05, 0) is 41.5 Å². The highest BCUT2D eigenvalue weighted by Gasteiger charge is 2.24. The summed E-state index contributed by atoms with van der Waals surface area (Å²) in [5.74, 6) is -1.84. The van der Waals surface area contributed by atoms with E-state index >= 15 is 4.39 Å². The monoisotopic (exact) mass is 473 g/mol. The number of carbonyl (C=O) groups excluding carboxylic acids is 1. The minimum Gasteiger partial charge on any atom is -0.494 e. The molecule has 2 aromatic carbocycles. The number of amides is 1. The number of aliphatic carboxylic acids is 1. The number of benzene rings is 2. The number of hydrogen-bond donors (Lipinski definition) is 3. The number of H-pyrrole nitrogens is 1. The van der Waals surface area contributed by atoms with Gasteiger partial charge in [0.25, 0.3) is 11.9 Å². The van der Waals surface area contributed by atoms with Crippen LogP contribution in [0.2, 0.25) is 0 Å². The van der Waals surface area contributed by atoms with E-state index in [9.17, 15) is 9.59 Å². The summed E-state index contributed by atoms with van der Waals surface area (Å²) in [6.45, 7) is 0. The second-order valence-corrected chi connectivity index (χ2v) is 8.68. The van der Waals surface area contributed by atoms with Crippen molar-refractivity contribution < 1.29 is 23.8 Å². The first kappa shape index (κ1) is 21.7. The number of nitrogens with one attached hydrogen (secondary N) is 2. The summed E-state index contributed by atoms with van der Waals surface area (Å²) in [4.78, 5) is 25.2. The van der Waals surface area contributed by atoms with Gasteiger partial charge < -0.3 is 9.84 Å². The Labute approximate surface area is 189 Å². The van der Waals surface area contributed by atoms with E-state index < -0.39 is 17.7 Å². The topological polar surface area (TPSA) is 130 Å². The molecule has 1 amide bonds. The molecule has 0 saturated carbocycles. The molecule has 2 heterocycles. The minimum absolute atomic E-state index is 0.00393. The molecular weight excluding hydrogens is 457 g/mol. The van der Waals surface area contributed by atoms with Gasteiger partial charge >= 0.3 is 5.97 Å². The third-order valence-electron chi connectivity index (χ3n) is 4.48. The molecule has 0 aliphatic heterocycles. The smallest absolute Gasteiger partial charge is 0.303 e. The van der Waals surface area contributed by atoms with Crippen LogP contribution in [0.3, 0.4) is 0 Å². The van der Waals surface area contributed by atoms with Crippen molar-refractivity contribution in [1.82, 2.24) is 20.6 Å². The van der Waals surface area contributed by atoms with E-state index in [0.29, 0.717) is 16.0 Å². The van der Waals surface area contributed by atoms with E-state index in [1.54, 1.807) is 6.07 Å². The number of aryl methyl sites for hydroxylation is 1. The molecule has 0 atom stereocenters. The van der Waals surface area contributed by atoms with Gasteiger partial charge in [0.15, 0.2) is 11.6 Å². The third kappa shape index (κ3) is 4.55. The number of carboxylic acid groups (broad SMARTS) is 1. The highest BCUT2D eigenvalue weighted by molar-refractivity contribution is 7.99. The predicted octanol–water partition coefficient (Wildman–Crippen LogP) is 3.98. The quantitative estimate of drug-likeness (QED) is 0.350. The van der Waals surface area contributed by atoms with Gasteiger partial charge in [-0.25, -0.2) is 4.39 Å². The molecular formula is C20H16FN5O4S2. The average Bonchev–Trinajstić information content (AvgIpc) is 3.42. The first-order valence-corrected chi connectivity index (χ1v) is 10.9. The number of aromatic nitrogens is 4. The SMILES string of the molecule is COc1ccc2sc(C(=O)Nc3nn[nH]n3)c(Sc3ccc(CCC(=O)O)cc3)c2c1F. The Bertz CT molecular complexity index is 1280. The molecule has 2 aromatic heterocycles. The number of carboxylic acids is 1. The van der Waals surface area contributed by atoms with Crippen molar-refractivity contribution in [3.05, 3.63) is 52.7 Å². The molecule has 4 rings (SSSR count). The Hall–Kier alpha value is -3.51. The molecule has 4 aromatic rings. The van der Waals surface area contributed by atoms with Crippen LogP contribution in [0.15, 0.2) is 46.2 Å². The summed E-state index contributed by atoms with van der Waals surface area (Å²) >= 11 is 2.37. The van der Waals surface area contributed by atoms with E-state index in [2.05, 4.69) is 25.9 Å². The number of fused-ring (bicyclic) bond motifs is 1. The summed E-state index contributed by atoms with van der Waals surface area (Å²) in [6, 6.07) is 10.5. The Balaban J connectivity index is 1.72. The molecule has 0 fully saturated rings. The number of tetrazole rings is 1. The summed E-state index contributed by atoms with van der Waals surface area (Å²) in [5.41, 5.74) is 0.870. The second kappa shape index (κ2) is 9.32. The number of halogens is 1. The van der Waals surface area contributed by atoms with Gasteiger partial charge in [-0.15, -0.1) is 16.4 Å². The minimum atomic E-state index is -0.866. The highest BCUT2D eigenvalue weighted by Crippen LogP contribution is 2.44. The third-order valence-corrected chi connectivity index (χ3v) is 6.88. The van der Waals surface area contributed by atoms with Crippen LogP contribution in [0, 0.1) is 5.82 Å². The zero-order valence-corrected chi connectivity index (χ0v) is 18.2. The lowest BCUT2D eigenvalue weighted by atomic mass is 10.1. The van der Waals surface area contributed by atoms with Crippen LogP contribution in [-0.4, -0.2) is 44.7 Å². The zero-order chi connectivity index (χ0) is 22.7.